The number of hydrogen-bond acceptors (Lipinski definition) is 1. The van der Waals surface area contributed by atoms with Gasteiger partial charge in [-0.15, -0.1) is 12.4 Å². The Bertz CT molecular complexity index is 253. The van der Waals surface area contributed by atoms with Gasteiger partial charge in [-0.2, -0.15) is 0 Å². The zero-order valence-electron chi connectivity index (χ0n) is 8.42. The predicted octanol–water partition coefficient (Wildman–Crippen LogP) is 2.79. The van der Waals surface area contributed by atoms with Crippen LogP contribution in [-0.2, 0) is 6.42 Å². The Morgan fingerprint density at radius 3 is 2.71 bits per heavy atom. The van der Waals surface area contributed by atoms with Crippen LogP contribution in [0.25, 0.3) is 0 Å². The Labute approximate surface area is 91.1 Å². The summed E-state index contributed by atoms with van der Waals surface area (Å²) in [5, 5.41) is 3.28. The Morgan fingerprint density at radius 2 is 2.07 bits per heavy atom. The van der Waals surface area contributed by atoms with Gasteiger partial charge in [-0.05, 0) is 43.6 Å². The van der Waals surface area contributed by atoms with Crippen LogP contribution in [-0.4, -0.2) is 13.1 Å². The first-order valence-corrected chi connectivity index (χ1v) is 4.78. The molecule has 0 radical (unpaired) electrons. The molecule has 1 nitrogen and oxygen atoms in total. The molecule has 1 N–H and O–H groups in total. The molecule has 0 unspecified atom stereocenters. The molecule has 1 rings (SSSR count). The number of rotatable bonds is 5. The molecule has 0 saturated carbocycles. The Morgan fingerprint density at radius 1 is 1.29 bits per heavy atom. The molecule has 3 heteroatoms. The van der Waals surface area contributed by atoms with Gasteiger partial charge >= 0.3 is 0 Å². The topological polar surface area (TPSA) is 12.0 Å². The highest BCUT2D eigenvalue weighted by atomic mass is 35.5. The van der Waals surface area contributed by atoms with Gasteiger partial charge in [0, 0.05) is 0 Å². The summed E-state index contributed by atoms with van der Waals surface area (Å²) in [6, 6.07) is 6.78. The SMILES string of the molecule is CCCNCCc1cccc(F)c1.Cl. The first-order valence-electron chi connectivity index (χ1n) is 4.78. The normalized spacial score (nSPS) is 9.57. The van der Waals surface area contributed by atoms with Gasteiger partial charge in [-0.1, -0.05) is 19.1 Å². The molecule has 0 aliphatic carbocycles. The van der Waals surface area contributed by atoms with Crippen LogP contribution in [0.1, 0.15) is 18.9 Å². The molecule has 80 valence electrons. The minimum Gasteiger partial charge on any atom is -0.316 e. The van der Waals surface area contributed by atoms with Crippen LogP contribution in [0.2, 0.25) is 0 Å². The summed E-state index contributed by atoms with van der Waals surface area (Å²) in [5.74, 6) is -0.145. The average Bonchev–Trinajstić information content (AvgIpc) is 2.13. The van der Waals surface area contributed by atoms with Crippen molar-refractivity contribution in [2.45, 2.75) is 19.8 Å². The summed E-state index contributed by atoms with van der Waals surface area (Å²) in [4.78, 5) is 0. The smallest absolute Gasteiger partial charge is 0.123 e. The molecule has 1 aromatic carbocycles. The van der Waals surface area contributed by atoms with E-state index in [4.69, 9.17) is 0 Å². The van der Waals surface area contributed by atoms with E-state index in [1.54, 1.807) is 12.1 Å². The van der Waals surface area contributed by atoms with Crippen molar-refractivity contribution in [3.63, 3.8) is 0 Å². The van der Waals surface area contributed by atoms with E-state index < -0.39 is 0 Å². The molecule has 14 heavy (non-hydrogen) atoms. The molecule has 0 amide bonds. The van der Waals surface area contributed by atoms with E-state index in [9.17, 15) is 4.39 Å². The monoisotopic (exact) mass is 217 g/mol. The lowest BCUT2D eigenvalue weighted by Crippen LogP contribution is -2.17. The molecule has 0 aliphatic rings. The predicted molar refractivity (Wildman–Crippen MR) is 60.5 cm³/mol. The molecule has 0 aromatic heterocycles. The molecule has 0 fully saturated rings. The Kier molecular flexibility index (Phi) is 7.44. The van der Waals surface area contributed by atoms with Gasteiger partial charge in [-0.25, -0.2) is 4.39 Å². The van der Waals surface area contributed by atoms with Crippen molar-refractivity contribution in [1.29, 1.82) is 0 Å². The van der Waals surface area contributed by atoms with E-state index in [0.29, 0.717) is 0 Å². The summed E-state index contributed by atoms with van der Waals surface area (Å²) in [6.45, 7) is 4.10. The van der Waals surface area contributed by atoms with Crippen LogP contribution in [0.15, 0.2) is 24.3 Å². The number of halogens is 2. The second-order valence-corrected chi connectivity index (χ2v) is 3.13. The fourth-order valence-corrected chi connectivity index (χ4v) is 1.23. The molecule has 0 aliphatic heterocycles. The summed E-state index contributed by atoms with van der Waals surface area (Å²) in [7, 11) is 0. The van der Waals surface area contributed by atoms with Crippen LogP contribution in [0.5, 0.6) is 0 Å². The van der Waals surface area contributed by atoms with Crippen molar-refractivity contribution in [2.24, 2.45) is 0 Å². The van der Waals surface area contributed by atoms with Crippen LogP contribution >= 0.6 is 12.4 Å². The fourth-order valence-electron chi connectivity index (χ4n) is 1.23. The Balaban J connectivity index is 0.00000169. The van der Waals surface area contributed by atoms with Gasteiger partial charge in [0.2, 0.25) is 0 Å². The van der Waals surface area contributed by atoms with Gasteiger partial charge in [-0.3, -0.25) is 0 Å². The van der Waals surface area contributed by atoms with E-state index in [1.807, 2.05) is 6.07 Å². The maximum absolute atomic E-state index is 12.7. The molecule has 0 heterocycles. The Hall–Kier alpha value is -0.600. The highest BCUT2D eigenvalue weighted by Crippen LogP contribution is 2.03. The van der Waals surface area contributed by atoms with E-state index in [-0.39, 0.29) is 18.2 Å². The van der Waals surface area contributed by atoms with Crippen LogP contribution in [0, 0.1) is 5.82 Å². The van der Waals surface area contributed by atoms with Gasteiger partial charge in [0.15, 0.2) is 0 Å². The second-order valence-electron chi connectivity index (χ2n) is 3.13. The minimum absolute atomic E-state index is 0. The van der Waals surface area contributed by atoms with Crippen molar-refractivity contribution >= 4 is 12.4 Å². The third-order valence-electron chi connectivity index (χ3n) is 1.91. The maximum atomic E-state index is 12.7. The van der Waals surface area contributed by atoms with Crippen molar-refractivity contribution in [1.82, 2.24) is 5.32 Å². The lowest BCUT2D eigenvalue weighted by atomic mass is 10.1. The lowest BCUT2D eigenvalue weighted by molar-refractivity contribution is 0.622. The van der Waals surface area contributed by atoms with Crippen molar-refractivity contribution in [3.8, 4) is 0 Å². The lowest BCUT2D eigenvalue weighted by Gasteiger charge is -2.02. The zero-order valence-corrected chi connectivity index (χ0v) is 9.24. The van der Waals surface area contributed by atoms with Crippen molar-refractivity contribution in [3.05, 3.63) is 35.6 Å². The second kappa shape index (κ2) is 7.77. The van der Waals surface area contributed by atoms with Crippen LogP contribution < -0.4 is 5.32 Å². The van der Waals surface area contributed by atoms with E-state index in [1.165, 1.54) is 6.07 Å². The zero-order chi connectivity index (χ0) is 9.52. The first-order chi connectivity index (χ1) is 6.33. The van der Waals surface area contributed by atoms with Crippen LogP contribution in [0.3, 0.4) is 0 Å². The summed E-state index contributed by atoms with van der Waals surface area (Å²) in [6.07, 6.45) is 2.04. The highest BCUT2D eigenvalue weighted by Gasteiger charge is 1.94. The number of hydrogen-bond donors (Lipinski definition) is 1. The average molecular weight is 218 g/mol. The summed E-state index contributed by atoms with van der Waals surface area (Å²) >= 11 is 0. The number of benzene rings is 1. The maximum Gasteiger partial charge on any atom is 0.123 e. The van der Waals surface area contributed by atoms with E-state index in [0.717, 1.165) is 31.5 Å². The van der Waals surface area contributed by atoms with E-state index in [2.05, 4.69) is 12.2 Å². The quantitative estimate of drug-likeness (QED) is 0.748. The molecular formula is C11H17ClFN. The molecular weight excluding hydrogens is 201 g/mol. The number of nitrogens with one attached hydrogen (secondary N) is 1. The minimum atomic E-state index is -0.145. The third-order valence-corrected chi connectivity index (χ3v) is 1.91. The van der Waals surface area contributed by atoms with Gasteiger partial charge < -0.3 is 5.32 Å². The fraction of sp³-hybridized carbons (Fsp3) is 0.455. The summed E-state index contributed by atoms with van der Waals surface area (Å²) < 4.78 is 12.7. The van der Waals surface area contributed by atoms with Crippen LogP contribution in [0.4, 0.5) is 4.39 Å². The van der Waals surface area contributed by atoms with Gasteiger partial charge in [0.25, 0.3) is 0 Å². The van der Waals surface area contributed by atoms with Gasteiger partial charge in [0.05, 0.1) is 0 Å². The van der Waals surface area contributed by atoms with E-state index >= 15 is 0 Å². The van der Waals surface area contributed by atoms with Gasteiger partial charge in [0.1, 0.15) is 5.82 Å². The highest BCUT2D eigenvalue weighted by molar-refractivity contribution is 5.85. The molecule has 1 aromatic rings. The summed E-state index contributed by atoms with van der Waals surface area (Å²) in [5.41, 5.74) is 1.06. The molecule has 0 spiro atoms. The molecule has 0 saturated heterocycles. The van der Waals surface area contributed by atoms with Crippen molar-refractivity contribution < 1.29 is 4.39 Å². The molecule has 0 atom stereocenters. The molecule has 0 bridgehead atoms. The standard InChI is InChI=1S/C11H16FN.ClH/c1-2-7-13-8-6-10-4-3-5-11(12)9-10;/h3-5,9,13H,2,6-8H2,1H3;1H. The van der Waals surface area contributed by atoms with Crippen molar-refractivity contribution in [2.75, 3.05) is 13.1 Å². The third kappa shape index (κ3) is 5.20. The largest absolute Gasteiger partial charge is 0.316 e. The first kappa shape index (κ1) is 13.4.